The van der Waals surface area contributed by atoms with Crippen LogP contribution >= 0.6 is 0 Å². The number of fused-ring (bicyclic) bond motifs is 1. The van der Waals surface area contributed by atoms with Gasteiger partial charge in [0.25, 0.3) is 5.91 Å². The molecule has 1 atom stereocenters. The Morgan fingerprint density at radius 2 is 2.04 bits per heavy atom. The molecule has 0 bridgehead atoms. The summed E-state index contributed by atoms with van der Waals surface area (Å²) in [5.74, 6) is -0.599. The Hall–Kier alpha value is -3.55. The van der Waals surface area contributed by atoms with E-state index in [-0.39, 0.29) is 18.2 Å². The van der Waals surface area contributed by atoms with E-state index in [1.165, 1.54) is 13.2 Å². The fourth-order valence-electron chi connectivity index (χ4n) is 3.21. The molecule has 0 aliphatic carbocycles. The number of methoxy groups -OCH3 is 1. The number of H-pyrrole nitrogens is 1. The van der Waals surface area contributed by atoms with E-state index in [9.17, 15) is 14.4 Å². The molecule has 3 aromatic rings. The Morgan fingerprint density at radius 3 is 2.85 bits per heavy atom. The lowest BCUT2D eigenvalue weighted by Crippen LogP contribution is -2.32. The smallest absolute Gasteiger partial charge is 0.373 e. The Bertz CT molecular complexity index is 1030. The summed E-state index contributed by atoms with van der Waals surface area (Å²) in [5, 5.41) is 3.73. The van der Waals surface area contributed by atoms with Crippen LogP contribution in [0.25, 0.3) is 10.9 Å². The minimum Gasteiger partial charge on any atom is -0.463 e. The highest BCUT2D eigenvalue weighted by Crippen LogP contribution is 2.22. The molecule has 8 nitrogen and oxygen atoms in total. The van der Waals surface area contributed by atoms with E-state index >= 15 is 0 Å². The van der Waals surface area contributed by atoms with E-state index in [0.29, 0.717) is 12.2 Å². The van der Waals surface area contributed by atoms with Gasteiger partial charge in [0.2, 0.25) is 5.76 Å². The molecular formula is C19H17N3O5. The van der Waals surface area contributed by atoms with Crippen LogP contribution in [0.3, 0.4) is 0 Å². The first-order valence-electron chi connectivity index (χ1n) is 8.40. The summed E-state index contributed by atoms with van der Waals surface area (Å²) >= 11 is 0. The van der Waals surface area contributed by atoms with Crippen LogP contribution in [0.2, 0.25) is 0 Å². The van der Waals surface area contributed by atoms with Crippen molar-refractivity contribution in [2.24, 2.45) is 0 Å². The number of amides is 3. The number of hydrogen-bond donors (Lipinski definition) is 2. The highest BCUT2D eigenvalue weighted by atomic mass is 16.5. The average Bonchev–Trinajstić information content (AvgIpc) is 3.37. The number of hydrogen-bond acceptors (Lipinski definition) is 5. The maximum absolute atomic E-state index is 12.7. The van der Waals surface area contributed by atoms with E-state index < -0.39 is 18.0 Å². The van der Waals surface area contributed by atoms with Gasteiger partial charge in [0.05, 0.1) is 13.7 Å². The Labute approximate surface area is 154 Å². The van der Waals surface area contributed by atoms with Crippen LogP contribution in [0.15, 0.2) is 47.0 Å². The van der Waals surface area contributed by atoms with Crippen molar-refractivity contribution in [3.8, 4) is 0 Å². The predicted molar refractivity (Wildman–Crippen MR) is 94.9 cm³/mol. The summed E-state index contributed by atoms with van der Waals surface area (Å²) in [6.45, 7) is -0.0496. The first-order chi connectivity index (χ1) is 13.1. The maximum Gasteiger partial charge on any atom is 0.373 e. The second-order valence-electron chi connectivity index (χ2n) is 6.25. The molecule has 0 radical (unpaired) electrons. The molecule has 138 valence electrons. The topological polar surface area (TPSA) is 105 Å². The van der Waals surface area contributed by atoms with Crippen molar-refractivity contribution in [2.45, 2.75) is 19.0 Å². The molecular weight excluding hydrogens is 350 g/mol. The van der Waals surface area contributed by atoms with Gasteiger partial charge in [-0.15, -0.1) is 0 Å². The molecule has 3 heterocycles. The first-order valence-corrected chi connectivity index (χ1v) is 8.40. The second kappa shape index (κ2) is 6.64. The van der Waals surface area contributed by atoms with Crippen molar-refractivity contribution in [1.82, 2.24) is 15.2 Å². The largest absolute Gasteiger partial charge is 0.463 e. The third-order valence-corrected chi connectivity index (χ3v) is 4.57. The number of urea groups is 1. The number of nitrogens with zero attached hydrogens (tertiary/aromatic N) is 1. The Morgan fingerprint density at radius 1 is 1.22 bits per heavy atom. The molecule has 4 rings (SSSR count). The number of imide groups is 1. The zero-order valence-electron chi connectivity index (χ0n) is 14.5. The van der Waals surface area contributed by atoms with E-state index in [0.717, 1.165) is 21.4 Å². The van der Waals surface area contributed by atoms with Gasteiger partial charge in [0.1, 0.15) is 11.8 Å². The number of para-hydroxylation sites is 1. The fourth-order valence-corrected chi connectivity index (χ4v) is 3.21. The molecule has 0 unspecified atom stereocenters. The lowest BCUT2D eigenvalue weighted by molar-refractivity contribution is -0.128. The Balaban J connectivity index is 1.48. The van der Waals surface area contributed by atoms with Gasteiger partial charge in [-0.2, -0.15) is 0 Å². The number of carbonyl (C=O) groups is 3. The summed E-state index contributed by atoms with van der Waals surface area (Å²) in [6, 6.07) is 9.64. The monoisotopic (exact) mass is 367 g/mol. The number of aromatic amines is 1. The molecule has 0 spiro atoms. The standard InChI is InChI=1S/C19H17N3O5/c1-26-18(24)16-7-6-12(27-16)10-22-17(23)15(21-19(22)25)8-11-9-20-14-5-3-2-4-13(11)14/h2-7,9,15,20H,8,10H2,1H3,(H,21,25)/t15-/m1/s1. The molecule has 1 aromatic carbocycles. The highest BCUT2D eigenvalue weighted by molar-refractivity contribution is 6.04. The molecule has 8 heteroatoms. The number of carbonyl (C=O) groups excluding carboxylic acids is 3. The van der Waals surface area contributed by atoms with Gasteiger partial charge in [-0.25, -0.2) is 9.59 Å². The van der Waals surface area contributed by atoms with Gasteiger partial charge in [-0.1, -0.05) is 18.2 Å². The van der Waals surface area contributed by atoms with Crippen LogP contribution in [-0.4, -0.2) is 40.9 Å². The van der Waals surface area contributed by atoms with Crippen molar-refractivity contribution in [3.63, 3.8) is 0 Å². The molecule has 1 fully saturated rings. The maximum atomic E-state index is 12.7. The van der Waals surface area contributed by atoms with Crippen LogP contribution in [0.1, 0.15) is 21.9 Å². The van der Waals surface area contributed by atoms with Gasteiger partial charge < -0.3 is 19.5 Å². The molecule has 0 saturated carbocycles. The summed E-state index contributed by atoms with van der Waals surface area (Å²) < 4.78 is 9.92. The van der Waals surface area contributed by atoms with E-state index in [4.69, 9.17) is 4.42 Å². The number of benzene rings is 1. The molecule has 1 aliphatic heterocycles. The van der Waals surface area contributed by atoms with Crippen LogP contribution in [0, 0.1) is 0 Å². The van der Waals surface area contributed by atoms with Crippen LogP contribution in [-0.2, 0) is 22.5 Å². The van der Waals surface area contributed by atoms with Gasteiger partial charge in [-0.3, -0.25) is 9.69 Å². The normalized spacial score (nSPS) is 16.8. The minimum absolute atomic E-state index is 0.0231. The second-order valence-corrected chi connectivity index (χ2v) is 6.25. The van der Waals surface area contributed by atoms with Crippen LogP contribution in [0.5, 0.6) is 0 Å². The molecule has 1 aliphatic rings. The highest BCUT2D eigenvalue weighted by Gasteiger charge is 2.38. The number of nitrogens with one attached hydrogen (secondary N) is 2. The average molecular weight is 367 g/mol. The van der Waals surface area contributed by atoms with E-state index in [2.05, 4.69) is 15.0 Å². The third-order valence-electron chi connectivity index (χ3n) is 4.57. The van der Waals surface area contributed by atoms with Crippen molar-refractivity contribution >= 4 is 28.8 Å². The SMILES string of the molecule is COC(=O)c1ccc(CN2C(=O)N[C@H](Cc3c[nH]c4ccccc34)C2=O)o1. The van der Waals surface area contributed by atoms with Crippen molar-refractivity contribution < 1.29 is 23.5 Å². The summed E-state index contributed by atoms with van der Waals surface area (Å²) in [4.78, 5) is 40.6. The molecule has 2 aromatic heterocycles. The summed E-state index contributed by atoms with van der Waals surface area (Å²) in [6.07, 6.45) is 2.23. The van der Waals surface area contributed by atoms with Crippen molar-refractivity contribution in [2.75, 3.05) is 7.11 Å². The lowest BCUT2D eigenvalue weighted by atomic mass is 10.1. The van der Waals surface area contributed by atoms with Gasteiger partial charge in [0, 0.05) is 23.5 Å². The van der Waals surface area contributed by atoms with Gasteiger partial charge in [-0.05, 0) is 23.8 Å². The van der Waals surface area contributed by atoms with E-state index in [1.54, 1.807) is 6.07 Å². The molecule has 3 amide bonds. The number of ether oxygens (including phenoxy) is 1. The minimum atomic E-state index is -0.647. The number of aromatic nitrogens is 1. The van der Waals surface area contributed by atoms with Gasteiger partial charge >= 0.3 is 12.0 Å². The van der Waals surface area contributed by atoms with Gasteiger partial charge in [0.15, 0.2) is 0 Å². The number of furan rings is 1. The molecule has 1 saturated heterocycles. The third kappa shape index (κ3) is 3.05. The van der Waals surface area contributed by atoms with Crippen LogP contribution < -0.4 is 5.32 Å². The zero-order valence-corrected chi connectivity index (χ0v) is 14.5. The van der Waals surface area contributed by atoms with Crippen molar-refractivity contribution in [1.29, 1.82) is 0 Å². The zero-order chi connectivity index (χ0) is 19.0. The van der Waals surface area contributed by atoms with Crippen molar-refractivity contribution in [3.05, 3.63) is 59.7 Å². The van der Waals surface area contributed by atoms with Crippen LogP contribution in [0.4, 0.5) is 4.79 Å². The molecule has 2 N–H and O–H groups in total. The Kier molecular flexibility index (Phi) is 4.15. The predicted octanol–water partition coefficient (Wildman–Crippen LogP) is 2.21. The number of esters is 1. The fraction of sp³-hybridized carbons (Fsp3) is 0.211. The quantitative estimate of drug-likeness (QED) is 0.531. The lowest BCUT2D eigenvalue weighted by Gasteiger charge is -2.11. The summed E-state index contributed by atoms with van der Waals surface area (Å²) in [7, 11) is 1.25. The summed E-state index contributed by atoms with van der Waals surface area (Å²) in [5.41, 5.74) is 1.93. The molecule has 27 heavy (non-hydrogen) atoms. The van der Waals surface area contributed by atoms with E-state index in [1.807, 2.05) is 30.5 Å². The number of rotatable bonds is 5. The first kappa shape index (κ1) is 16.9.